The van der Waals surface area contributed by atoms with Gasteiger partial charge in [0.25, 0.3) is 0 Å². The lowest BCUT2D eigenvalue weighted by atomic mass is 9.92. The van der Waals surface area contributed by atoms with Gasteiger partial charge in [0.2, 0.25) is 0 Å². The van der Waals surface area contributed by atoms with Crippen molar-refractivity contribution in [1.29, 1.82) is 0 Å². The van der Waals surface area contributed by atoms with Crippen LogP contribution in [0.15, 0.2) is 91.0 Å². The molecular formula is C27H21N3O3. The van der Waals surface area contributed by atoms with Crippen LogP contribution < -0.4 is 17.2 Å². The Morgan fingerprint density at radius 2 is 0.576 bits per heavy atom. The molecule has 0 aliphatic rings. The molecule has 0 aliphatic heterocycles. The molecule has 4 aromatic rings. The molecule has 0 atom stereocenters. The van der Waals surface area contributed by atoms with Crippen LogP contribution in [0.4, 0.5) is 17.1 Å². The lowest BCUT2D eigenvalue weighted by molar-refractivity contribution is 0.103. The Labute approximate surface area is 190 Å². The first-order valence-corrected chi connectivity index (χ1v) is 10.2. The van der Waals surface area contributed by atoms with Crippen molar-refractivity contribution < 1.29 is 14.4 Å². The topological polar surface area (TPSA) is 129 Å². The van der Waals surface area contributed by atoms with Gasteiger partial charge in [-0.25, -0.2) is 0 Å². The molecule has 4 rings (SSSR count). The molecule has 0 unspecified atom stereocenters. The molecule has 0 spiro atoms. The van der Waals surface area contributed by atoms with Gasteiger partial charge in [-0.2, -0.15) is 0 Å². The van der Waals surface area contributed by atoms with Crippen molar-refractivity contribution in [3.8, 4) is 0 Å². The second-order valence-corrected chi connectivity index (χ2v) is 7.65. The Hall–Kier alpha value is -4.71. The van der Waals surface area contributed by atoms with E-state index in [1.54, 1.807) is 72.8 Å². The molecule has 33 heavy (non-hydrogen) atoms. The molecule has 162 valence electrons. The standard InChI is InChI=1S/C27H21N3O3/c28-22-7-1-16(2-8-22)25(31)19-13-20(26(32)17-3-9-23(29)10-4-17)15-21(14-19)27(33)18-5-11-24(30)12-6-18/h1-15H,28-30H2. The maximum atomic E-state index is 13.2. The average molecular weight is 435 g/mol. The van der Waals surface area contributed by atoms with Gasteiger partial charge < -0.3 is 17.2 Å². The Kier molecular flexibility index (Phi) is 5.74. The van der Waals surface area contributed by atoms with Crippen molar-refractivity contribution in [2.24, 2.45) is 0 Å². The van der Waals surface area contributed by atoms with Crippen molar-refractivity contribution in [2.45, 2.75) is 0 Å². The third kappa shape index (κ3) is 4.65. The quantitative estimate of drug-likeness (QED) is 0.308. The third-order valence-electron chi connectivity index (χ3n) is 5.24. The summed E-state index contributed by atoms with van der Waals surface area (Å²) in [5, 5.41) is 0. The van der Waals surface area contributed by atoms with E-state index in [4.69, 9.17) is 17.2 Å². The average Bonchev–Trinajstić information content (AvgIpc) is 2.84. The summed E-state index contributed by atoms with van der Waals surface area (Å²) < 4.78 is 0. The van der Waals surface area contributed by atoms with E-state index < -0.39 is 0 Å². The Morgan fingerprint density at radius 1 is 0.364 bits per heavy atom. The fourth-order valence-corrected chi connectivity index (χ4v) is 3.42. The summed E-state index contributed by atoms with van der Waals surface area (Å²) in [5.41, 5.74) is 20.6. The number of ketones is 3. The lowest BCUT2D eigenvalue weighted by Crippen LogP contribution is -2.11. The van der Waals surface area contributed by atoms with Crippen LogP contribution in [0.2, 0.25) is 0 Å². The Morgan fingerprint density at radius 3 is 0.788 bits per heavy atom. The first-order chi connectivity index (χ1) is 15.8. The summed E-state index contributed by atoms with van der Waals surface area (Å²) in [6.45, 7) is 0. The number of hydrogen-bond donors (Lipinski definition) is 3. The maximum absolute atomic E-state index is 13.2. The number of benzene rings is 4. The van der Waals surface area contributed by atoms with Gasteiger partial charge >= 0.3 is 0 Å². The fraction of sp³-hybridized carbons (Fsp3) is 0. The molecule has 0 bridgehead atoms. The van der Waals surface area contributed by atoms with Crippen LogP contribution in [0, 0.1) is 0 Å². The van der Waals surface area contributed by atoms with Gasteiger partial charge in [-0.3, -0.25) is 14.4 Å². The smallest absolute Gasteiger partial charge is 0.193 e. The second kappa shape index (κ2) is 8.80. The Bertz CT molecular complexity index is 1180. The number of carbonyl (C=O) groups is 3. The molecule has 0 saturated heterocycles. The van der Waals surface area contributed by atoms with E-state index in [0.717, 1.165) is 0 Å². The van der Waals surface area contributed by atoms with Crippen molar-refractivity contribution in [3.05, 3.63) is 124 Å². The van der Waals surface area contributed by atoms with Crippen molar-refractivity contribution in [3.63, 3.8) is 0 Å². The third-order valence-corrected chi connectivity index (χ3v) is 5.24. The summed E-state index contributed by atoms with van der Waals surface area (Å²) in [6.07, 6.45) is 0. The zero-order valence-electron chi connectivity index (χ0n) is 17.6. The summed E-state index contributed by atoms with van der Waals surface area (Å²) in [7, 11) is 0. The lowest BCUT2D eigenvalue weighted by Gasteiger charge is -2.10. The number of anilines is 3. The molecule has 4 aromatic carbocycles. The van der Waals surface area contributed by atoms with Gasteiger partial charge in [-0.05, 0) is 91.0 Å². The number of carbonyl (C=O) groups excluding carboxylic acids is 3. The second-order valence-electron chi connectivity index (χ2n) is 7.65. The monoisotopic (exact) mass is 435 g/mol. The van der Waals surface area contributed by atoms with Crippen LogP contribution in [0.5, 0.6) is 0 Å². The highest BCUT2D eigenvalue weighted by molar-refractivity contribution is 6.17. The minimum Gasteiger partial charge on any atom is -0.399 e. The predicted molar refractivity (Wildman–Crippen MR) is 129 cm³/mol. The van der Waals surface area contributed by atoms with E-state index in [2.05, 4.69) is 0 Å². The highest BCUT2D eigenvalue weighted by Gasteiger charge is 2.19. The minimum absolute atomic E-state index is 0.222. The van der Waals surface area contributed by atoms with E-state index in [-0.39, 0.29) is 34.0 Å². The van der Waals surface area contributed by atoms with E-state index in [1.165, 1.54) is 18.2 Å². The highest BCUT2D eigenvalue weighted by atomic mass is 16.1. The molecule has 6 heteroatoms. The number of nitrogens with two attached hydrogens (primary N) is 3. The molecule has 0 aliphatic carbocycles. The highest BCUT2D eigenvalue weighted by Crippen LogP contribution is 2.21. The molecule has 0 heterocycles. The van der Waals surface area contributed by atoms with Crippen LogP contribution in [0.25, 0.3) is 0 Å². The largest absolute Gasteiger partial charge is 0.399 e. The van der Waals surface area contributed by atoms with E-state index >= 15 is 0 Å². The number of nitrogen functional groups attached to an aromatic ring is 3. The van der Waals surface area contributed by atoms with Gasteiger partial charge in [0.05, 0.1) is 0 Å². The molecule has 6 N–H and O–H groups in total. The SMILES string of the molecule is Nc1ccc(C(=O)c2cc(C(=O)c3ccc(N)cc3)cc(C(=O)c3ccc(N)cc3)c2)cc1. The molecule has 0 saturated carbocycles. The van der Waals surface area contributed by atoms with Crippen LogP contribution in [-0.2, 0) is 0 Å². The predicted octanol–water partition coefficient (Wildman–Crippen LogP) is 4.13. The number of hydrogen-bond acceptors (Lipinski definition) is 6. The van der Waals surface area contributed by atoms with Gasteiger partial charge in [-0.15, -0.1) is 0 Å². The van der Waals surface area contributed by atoms with Gasteiger partial charge in [0, 0.05) is 50.4 Å². The van der Waals surface area contributed by atoms with E-state index in [1.807, 2.05) is 0 Å². The van der Waals surface area contributed by atoms with Crippen molar-refractivity contribution in [1.82, 2.24) is 0 Å². The van der Waals surface area contributed by atoms with Gasteiger partial charge in [0.1, 0.15) is 0 Å². The fourth-order valence-electron chi connectivity index (χ4n) is 3.42. The molecule has 0 fully saturated rings. The van der Waals surface area contributed by atoms with Crippen LogP contribution >= 0.6 is 0 Å². The normalized spacial score (nSPS) is 10.5. The molecule has 0 aromatic heterocycles. The van der Waals surface area contributed by atoms with E-state index in [9.17, 15) is 14.4 Å². The number of rotatable bonds is 6. The summed E-state index contributed by atoms with van der Waals surface area (Å²) in [5.74, 6) is -0.977. The van der Waals surface area contributed by atoms with Crippen molar-refractivity contribution in [2.75, 3.05) is 17.2 Å². The van der Waals surface area contributed by atoms with Crippen molar-refractivity contribution >= 4 is 34.4 Å². The van der Waals surface area contributed by atoms with Crippen LogP contribution in [0.1, 0.15) is 47.8 Å². The zero-order valence-corrected chi connectivity index (χ0v) is 17.6. The van der Waals surface area contributed by atoms with Gasteiger partial charge in [-0.1, -0.05) is 0 Å². The summed E-state index contributed by atoms with van der Waals surface area (Å²) in [6, 6.07) is 23.9. The summed E-state index contributed by atoms with van der Waals surface area (Å²) >= 11 is 0. The molecule has 0 radical (unpaired) electrons. The van der Waals surface area contributed by atoms with Gasteiger partial charge in [0.15, 0.2) is 17.3 Å². The van der Waals surface area contributed by atoms with Crippen LogP contribution in [0.3, 0.4) is 0 Å². The van der Waals surface area contributed by atoms with Crippen LogP contribution in [-0.4, -0.2) is 17.3 Å². The molecule has 6 nitrogen and oxygen atoms in total. The molecular weight excluding hydrogens is 414 g/mol. The maximum Gasteiger partial charge on any atom is 0.193 e. The first kappa shape index (κ1) is 21.5. The zero-order chi connectivity index (χ0) is 23.5. The Balaban J connectivity index is 1.81. The first-order valence-electron chi connectivity index (χ1n) is 10.2. The molecule has 0 amide bonds. The minimum atomic E-state index is -0.326. The van der Waals surface area contributed by atoms with E-state index in [0.29, 0.717) is 33.8 Å². The summed E-state index contributed by atoms with van der Waals surface area (Å²) in [4.78, 5) is 39.5.